The van der Waals surface area contributed by atoms with Crippen LogP contribution in [-0.2, 0) is 21.3 Å². The monoisotopic (exact) mass is 382 g/mol. The Kier molecular flexibility index (Phi) is 5.74. The molecule has 0 fully saturated rings. The van der Waals surface area contributed by atoms with Crippen LogP contribution in [0.4, 0.5) is 8.78 Å². The molecule has 0 saturated carbocycles. The number of nitrogens with one attached hydrogen (secondary N) is 1. The molecular weight excluding hydrogens is 366 g/mol. The van der Waals surface area contributed by atoms with Gasteiger partial charge in [0.1, 0.15) is 21.7 Å². The minimum absolute atomic E-state index is 0.0366. The molecule has 0 aliphatic rings. The second kappa shape index (κ2) is 6.58. The van der Waals surface area contributed by atoms with Crippen molar-refractivity contribution in [2.75, 3.05) is 0 Å². The normalized spacial score (nSPS) is 17.9. The van der Waals surface area contributed by atoms with Crippen molar-refractivity contribution in [3.8, 4) is 0 Å². The van der Waals surface area contributed by atoms with Crippen LogP contribution in [0.1, 0.15) is 33.4 Å². The Morgan fingerprint density at radius 3 is 2.43 bits per heavy atom. The fourth-order valence-corrected chi connectivity index (χ4v) is 2.71. The average Bonchev–Trinajstić information content (AvgIpc) is 2.39. The maximum atomic E-state index is 14.1. The second-order valence-electron chi connectivity index (χ2n) is 5.69. The van der Waals surface area contributed by atoms with Gasteiger partial charge >= 0.3 is 0 Å². The highest BCUT2D eigenvalue weighted by atomic mass is 79.9. The van der Waals surface area contributed by atoms with Crippen LogP contribution in [0.2, 0.25) is 0 Å². The van der Waals surface area contributed by atoms with Crippen LogP contribution in [0, 0.1) is 5.82 Å². The first-order chi connectivity index (χ1) is 9.52. The Labute approximate surface area is 133 Å². The van der Waals surface area contributed by atoms with Gasteiger partial charge in [-0.2, -0.15) is 0 Å². The number of carbonyl (C=O) groups excluding carboxylic acids is 1. The zero-order valence-corrected chi connectivity index (χ0v) is 14.5. The Morgan fingerprint density at radius 2 is 1.95 bits per heavy atom. The summed E-state index contributed by atoms with van der Waals surface area (Å²) in [6.45, 7) is 6.29. The van der Waals surface area contributed by atoms with Crippen LogP contribution in [0.5, 0.6) is 0 Å². The Balaban J connectivity index is 3.37. The fraction of sp³-hybridized carbons (Fsp3) is 0.538. The average molecular weight is 383 g/mol. The zero-order chi connectivity index (χ0) is 16.4. The number of nitrogens with zero attached hydrogens (tertiary/aromatic N) is 1. The number of alkyl halides is 1. The van der Waals surface area contributed by atoms with E-state index in [1.807, 2.05) is 0 Å². The molecule has 0 bridgehead atoms. The fourth-order valence-electron chi connectivity index (χ4n) is 1.50. The first kappa shape index (κ1) is 18.3. The third kappa shape index (κ3) is 4.14. The van der Waals surface area contributed by atoms with E-state index < -0.39 is 33.3 Å². The van der Waals surface area contributed by atoms with Gasteiger partial charge in [-0.25, -0.2) is 22.7 Å². The summed E-state index contributed by atoms with van der Waals surface area (Å²) in [6, 6.07) is 2.46. The lowest BCUT2D eigenvalue weighted by atomic mass is 9.93. The molecule has 1 heterocycles. The molecule has 1 aromatic rings. The lowest BCUT2D eigenvalue weighted by Gasteiger charge is -2.33. The van der Waals surface area contributed by atoms with Crippen molar-refractivity contribution in [1.29, 1.82) is 0 Å². The van der Waals surface area contributed by atoms with Crippen molar-refractivity contribution >= 4 is 33.2 Å². The molecule has 0 aliphatic carbocycles. The lowest BCUT2D eigenvalue weighted by molar-refractivity contribution is -0.114. The van der Waals surface area contributed by atoms with Gasteiger partial charge in [0.05, 0.1) is 15.7 Å². The molecule has 0 saturated heterocycles. The second-order valence-corrected chi connectivity index (χ2v) is 8.47. The van der Waals surface area contributed by atoms with Gasteiger partial charge in [0.15, 0.2) is 12.5 Å². The molecule has 0 amide bonds. The molecule has 4 nitrogen and oxygen atoms in total. The Hall–Kier alpha value is -0.730. The summed E-state index contributed by atoms with van der Waals surface area (Å²) in [5.41, 5.74) is -2.15. The van der Waals surface area contributed by atoms with E-state index in [-0.39, 0.29) is 16.6 Å². The summed E-state index contributed by atoms with van der Waals surface area (Å²) in [5, 5.41) is 0. The summed E-state index contributed by atoms with van der Waals surface area (Å²) < 4.78 is 42.4. The molecule has 1 unspecified atom stereocenters. The summed E-state index contributed by atoms with van der Waals surface area (Å²) in [5.74, 6) is -0.788. The maximum Gasteiger partial charge on any atom is 0.179 e. The molecule has 1 rings (SSSR count). The Morgan fingerprint density at radius 1 is 1.38 bits per heavy atom. The van der Waals surface area contributed by atoms with Gasteiger partial charge in [0.2, 0.25) is 0 Å². The van der Waals surface area contributed by atoms with Crippen LogP contribution < -0.4 is 4.72 Å². The molecule has 1 N–H and O–H groups in total. The van der Waals surface area contributed by atoms with Gasteiger partial charge in [-0.3, -0.25) is 0 Å². The minimum Gasteiger partial charge on any atom is -0.300 e. The number of carbonyl (C=O) groups is 1. The summed E-state index contributed by atoms with van der Waals surface area (Å²) in [6.07, 6.45) is -2.07. The lowest BCUT2D eigenvalue weighted by Crippen LogP contribution is -2.53. The third-order valence-electron chi connectivity index (χ3n) is 2.84. The highest BCUT2D eigenvalue weighted by Gasteiger charge is 2.43. The number of rotatable bonds is 5. The van der Waals surface area contributed by atoms with Gasteiger partial charge in [0, 0.05) is 0 Å². The van der Waals surface area contributed by atoms with E-state index in [9.17, 15) is 17.8 Å². The first-order valence-electron chi connectivity index (χ1n) is 6.14. The molecule has 0 aromatic carbocycles. The molecule has 0 radical (unpaired) electrons. The topological polar surface area (TPSA) is 59.1 Å². The molecule has 0 aliphatic heterocycles. The van der Waals surface area contributed by atoms with Gasteiger partial charge < -0.3 is 4.79 Å². The van der Waals surface area contributed by atoms with Crippen molar-refractivity contribution in [1.82, 2.24) is 9.71 Å². The van der Waals surface area contributed by atoms with Crippen molar-refractivity contribution in [3.05, 3.63) is 28.2 Å². The number of pyridine rings is 1. The quantitative estimate of drug-likeness (QED) is 0.629. The van der Waals surface area contributed by atoms with E-state index in [0.29, 0.717) is 0 Å². The van der Waals surface area contributed by atoms with E-state index in [1.165, 1.54) is 13.0 Å². The van der Waals surface area contributed by atoms with Crippen LogP contribution in [0.15, 0.2) is 16.7 Å². The van der Waals surface area contributed by atoms with Crippen molar-refractivity contribution in [2.45, 2.75) is 44.2 Å². The van der Waals surface area contributed by atoms with E-state index in [0.717, 1.165) is 6.07 Å². The molecule has 8 heteroatoms. The highest BCUT2D eigenvalue weighted by molar-refractivity contribution is 9.10. The van der Waals surface area contributed by atoms with Crippen LogP contribution >= 0.6 is 15.9 Å². The summed E-state index contributed by atoms with van der Waals surface area (Å²) >= 11 is 3.07. The molecule has 118 valence electrons. The number of hydrogen-bond acceptors (Lipinski definition) is 3. The van der Waals surface area contributed by atoms with Gasteiger partial charge in [-0.15, -0.1) is 0 Å². The predicted octanol–water partition coefficient (Wildman–Crippen LogP) is 2.79. The SMILES string of the molecule is CC(C)(C)S(=O)N[C@](C)(c1nc(Br)ccc1F)[C@@H](F)C=O. The standard InChI is InChI=1S/C13H17BrF2N2O2S/c1-12(2,3)21(20)18-13(4,9(16)7-19)11-8(15)5-6-10(14)17-11/h5-7,9,18H,1-4H3/t9-,13-,21?/m0/s1. The van der Waals surface area contributed by atoms with E-state index in [1.54, 1.807) is 20.8 Å². The third-order valence-corrected chi connectivity index (χ3v) is 5.00. The highest BCUT2D eigenvalue weighted by Crippen LogP contribution is 2.30. The van der Waals surface area contributed by atoms with Gasteiger partial charge in [-0.1, -0.05) is 0 Å². The summed E-state index contributed by atoms with van der Waals surface area (Å²) in [4.78, 5) is 14.8. The van der Waals surface area contributed by atoms with E-state index in [2.05, 4.69) is 25.6 Å². The number of aldehydes is 1. The number of halogens is 3. The van der Waals surface area contributed by atoms with E-state index in [4.69, 9.17) is 0 Å². The zero-order valence-electron chi connectivity index (χ0n) is 12.1. The molecule has 1 aromatic heterocycles. The predicted molar refractivity (Wildman–Crippen MR) is 81.2 cm³/mol. The number of aromatic nitrogens is 1. The smallest absolute Gasteiger partial charge is 0.179 e. The maximum absolute atomic E-state index is 14.1. The summed E-state index contributed by atoms with van der Waals surface area (Å²) in [7, 11) is -1.72. The van der Waals surface area contributed by atoms with Gasteiger partial charge in [0.25, 0.3) is 0 Å². The first-order valence-corrected chi connectivity index (χ1v) is 8.08. The molecular formula is C13H17BrF2N2O2S. The molecule has 0 spiro atoms. The molecule has 3 atom stereocenters. The number of hydrogen-bond donors (Lipinski definition) is 1. The van der Waals surface area contributed by atoms with Crippen LogP contribution in [0.3, 0.4) is 0 Å². The van der Waals surface area contributed by atoms with Crippen molar-refractivity contribution < 1.29 is 17.8 Å². The van der Waals surface area contributed by atoms with Crippen molar-refractivity contribution in [2.24, 2.45) is 0 Å². The minimum atomic E-state index is -2.11. The van der Waals surface area contributed by atoms with Crippen LogP contribution in [-0.4, -0.2) is 26.4 Å². The van der Waals surface area contributed by atoms with Crippen LogP contribution in [0.25, 0.3) is 0 Å². The van der Waals surface area contributed by atoms with Crippen molar-refractivity contribution in [3.63, 3.8) is 0 Å². The van der Waals surface area contributed by atoms with E-state index >= 15 is 0 Å². The molecule has 21 heavy (non-hydrogen) atoms. The largest absolute Gasteiger partial charge is 0.300 e. The van der Waals surface area contributed by atoms with Gasteiger partial charge in [-0.05, 0) is 55.8 Å². The Bertz CT molecular complexity index is 566.